The van der Waals surface area contributed by atoms with Crippen LogP contribution in [0, 0.1) is 0 Å². The van der Waals surface area contributed by atoms with Crippen LogP contribution in [-0.2, 0) is 0 Å². The summed E-state index contributed by atoms with van der Waals surface area (Å²) in [6, 6.07) is 12.4. The summed E-state index contributed by atoms with van der Waals surface area (Å²) < 4.78 is 5.78. The SMILES string of the molecule is COc1ccc(N(C)C(=O)c2ccc(Cl)cc2Br)cc1. The molecule has 0 spiro atoms. The zero-order valence-electron chi connectivity index (χ0n) is 11.1. The van der Waals surface area contributed by atoms with Crippen LogP contribution in [-0.4, -0.2) is 20.1 Å². The minimum Gasteiger partial charge on any atom is -0.497 e. The van der Waals surface area contributed by atoms with Crippen LogP contribution in [0.15, 0.2) is 46.9 Å². The van der Waals surface area contributed by atoms with Gasteiger partial charge in [0.25, 0.3) is 5.91 Å². The number of hydrogen-bond acceptors (Lipinski definition) is 2. The molecular weight excluding hydrogens is 342 g/mol. The summed E-state index contributed by atoms with van der Waals surface area (Å²) in [5.74, 6) is 0.640. The van der Waals surface area contributed by atoms with Gasteiger partial charge in [-0.3, -0.25) is 4.79 Å². The van der Waals surface area contributed by atoms with Crippen molar-refractivity contribution in [3.05, 3.63) is 57.5 Å². The molecule has 0 fully saturated rings. The fourth-order valence-electron chi connectivity index (χ4n) is 1.77. The first-order valence-corrected chi connectivity index (χ1v) is 7.07. The lowest BCUT2D eigenvalue weighted by atomic mass is 10.2. The van der Waals surface area contributed by atoms with Gasteiger partial charge < -0.3 is 9.64 Å². The average Bonchev–Trinajstić information content (AvgIpc) is 2.46. The number of anilines is 1. The third kappa shape index (κ3) is 3.14. The van der Waals surface area contributed by atoms with E-state index in [2.05, 4.69) is 15.9 Å². The van der Waals surface area contributed by atoms with E-state index in [1.54, 1.807) is 37.3 Å². The molecule has 3 nitrogen and oxygen atoms in total. The molecule has 0 unspecified atom stereocenters. The molecule has 2 aromatic rings. The van der Waals surface area contributed by atoms with Crippen molar-refractivity contribution in [2.75, 3.05) is 19.1 Å². The number of amides is 1. The lowest BCUT2D eigenvalue weighted by molar-refractivity contribution is 0.0992. The van der Waals surface area contributed by atoms with Crippen molar-refractivity contribution in [2.24, 2.45) is 0 Å². The van der Waals surface area contributed by atoms with Crippen molar-refractivity contribution in [1.29, 1.82) is 0 Å². The molecule has 0 atom stereocenters. The van der Waals surface area contributed by atoms with E-state index in [-0.39, 0.29) is 5.91 Å². The fraction of sp³-hybridized carbons (Fsp3) is 0.133. The molecule has 0 radical (unpaired) electrons. The molecule has 0 aromatic heterocycles. The molecule has 5 heteroatoms. The normalized spacial score (nSPS) is 10.2. The zero-order valence-corrected chi connectivity index (χ0v) is 13.4. The molecule has 0 bridgehead atoms. The Balaban J connectivity index is 2.27. The van der Waals surface area contributed by atoms with E-state index >= 15 is 0 Å². The molecule has 20 heavy (non-hydrogen) atoms. The maximum Gasteiger partial charge on any atom is 0.259 e. The third-order valence-electron chi connectivity index (χ3n) is 2.93. The van der Waals surface area contributed by atoms with Crippen LogP contribution in [0.25, 0.3) is 0 Å². The molecule has 104 valence electrons. The molecule has 0 aliphatic heterocycles. The summed E-state index contributed by atoms with van der Waals surface area (Å²) in [5.41, 5.74) is 1.35. The topological polar surface area (TPSA) is 29.5 Å². The molecule has 2 rings (SSSR count). The lowest BCUT2D eigenvalue weighted by Crippen LogP contribution is -2.26. The number of carbonyl (C=O) groups excluding carboxylic acids is 1. The number of carbonyl (C=O) groups is 1. The second-order valence-corrected chi connectivity index (χ2v) is 5.48. The van der Waals surface area contributed by atoms with Crippen LogP contribution in [0.4, 0.5) is 5.69 Å². The van der Waals surface area contributed by atoms with Gasteiger partial charge in [0.1, 0.15) is 5.75 Å². The highest BCUT2D eigenvalue weighted by Gasteiger charge is 2.16. The molecule has 2 aromatic carbocycles. The quantitative estimate of drug-likeness (QED) is 0.818. The van der Waals surface area contributed by atoms with Gasteiger partial charge in [-0.2, -0.15) is 0 Å². The van der Waals surface area contributed by atoms with Gasteiger partial charge >= 0.3 is 0 Å². The van der Waals surface area contributed by atoms with E-state index in [9.17, 15) is 4.79 Å². The minimum atomic E-state index is -0.112. The molecule has 0 aliphatic carbocycles. The van der Waals surface area contributed by atoms with Gasteiger partial charge in [0.05, 0.1) is 12.7 Å². The van der Waals surface area contributed by atoms with E-state index in [0.29, 0.717) is 15.1 Å². The first-order chi connectivity index (χ1) is 9.52. The summed E-state index contributed by atoms with van der Waals surface area (Å²) in [5, 5.41) is 0.584. The van der Waals surface area contributed by atoms with Crippen LogP contribution >= 0.6 is 27.5 Å². The molecule has 0 aliphatic rings. The standard InChI is InChI=1S/C15H13BrClNO2/c1-18(11-4-6-12(20-2)7-5-11)15(19)13-8-3-10(17)9-14(13)16/h3-9H,1-2H3. The number of ether oxygens (including phenoxy) is 1. The maximum atomic E-state index is 12.5. The number of halogens is 2. The summed E-state index contributed by atoms with van der Waals surface area (Å²) in [4.78, 5) is 14.0. The number of hydrogen-bond donors (Lipinski definition) is 0. The highest BCUT2D eigenvalue weighted by atomic mass is 79.9. The van der Waals surface area contributed by atoms with Crippen molar-refractivity contribution in [2.45, 2.75) is 0 Å². The Kier molecular flexibility index (Phi) is 4.68. The largest absolute Gasteiger partial charge is 0.497 e. The van der Waals surface area contributed by atoms with Gasteiger partial charge in [0, 0.05) is 22.2 Å². The summed E-state index contributed by atoms with van der Waals surface area (Å²) in [7, 11) is 3.33. The molecule has 0 N–H and O–H groups in total. The third-order valence-corrected chi connectivity index (χ3v) is 3.82. The highest BCUT2D eigenvalue weighted by molar-refractivity contribution is 9.10. The average molecular weight is 355 g/mol. The van der Waals surface area contributed by atoms with Gasteiger partial charge in [-0.05, 0) is 58.4 Å². The van der Waals surface area contributed by atoms with Crippen molar-refractivity contribution in [3.63, 3.8) is 0 Å². The van der Waals surface area contributed by atoms with Crippen LogP contribution in [0.1, 0.15) is 10.4 Å². The molecule has 0 saturated heterocycles. The predicted octanol–water partition coefficient (Wildman–Crippen LogP) is 4.39. The van der Waals surface area contributed by atoms with E-state index in [1.807, 2.05) is 24.3 Å². The van der Waals surface area contributed by atoms with Crippen molar-refractivity contribution < 1.29 is 9.53 Å². The number of methoxy groups -OCH3 is 1. The molecule has 0 saturated carbocycles. The molecule has 1 amide bonds. The van der Waals surface area contributed by atoms with Gasteiger partial charge in [0.15, 0.2) is 0 Å². The van der Waals surface area contributed by atoms with Gasteiger partial charge in [-0.1, -0.05) is 11.6 Å². The zero-order chi connectivity index (χ0) is 14.7. The highest BCUT2D eigenvalue weighted by Crippen LogP contribution is 2.25. The fourth-order valence-corrected chi connectivity index (χ4v) is 2.62. The van der Waals surface area contributed by atoms with E-state index < -0.39 is 0 Å². The van der Waals surface area contributed by atoms with Crippen molar-refractivity contribution in [3.8, 4) is 5.75 Å². The van der Waals surface area contributed by atoms with E-state index in [0.717, 1.165) is 11.4 Å². The Morgan fingerprint density at radius 1 is 1.20 bits per heavy atom. The Bertz CT molecular complexity index is 628. The summed E-state index contributed by atoms with van der Waals surface area (Å²) in [6.07, 6.45) is 0. The predicted molar refractivity (Wildman–Crippen MR) is 84.9 cm³/mol. The molecular formula is C15H13BrClNO2. The number of benzene rings is 2. The summed E-state index contributed by atoms with van der Waals surface area (Å²) in [6.45, 7) is 0. The van der Waals surface area contributed by atoms with E-state index in [4.69, 9.17) is 16.3 Å². The minimum absolute atomic E-state index is 0.112. The maximum absolute atomic E-state index is 12.5. The Morgan fingerprint density at radius 2 is 1.85 bits per heavy atom. The van der Waals surface area contributed by atoms with Crippen LogP contribution in [0.3, 0.4) is 0 Å². The van der Waals surface area contributed by atoms with Crippen LogP contribution < -0.4 is 9.64 Å². The van der Waals surface area contributed by atoms with Crippen molar-refractivity contribution >= 4 is 39.1 Å². The van der Waals surface area contributed by atoms with Crippen LogP contribution in [0.2, 0.25) is 5.02 Å². The molecule has 0 heterocycles. The summed E-state index contributed by atoms with van der Waals surface area (Å²) >= 11 is 9.24. The lowest BCUT2D eigenvalue weighted by Gasteiger charge is -2.18. The first-order valence-electron chi connectivity index (χ1n) is 5.90. The Morgan fingerprint density at radius 3 is 2.40 bits per heavy atom. The van der Waals surface area contributed by atoms with Crippen molar-refractivity contribution in [1.82, 2.24) is 0 Å². The monoisotopic (exact) mass is 353 g/mol. The second kappa shape index (κ2) is 6.29. The van der Waals surface area contributed by atoms with Gasteiger partial charge in [0.2, 0.25) is 0 Å². The Labute approximate surface area is 131 Å². The van der Waals surface area contributed by atoms with Gasteiger partial charge in [-0.15, -0.1) is 0 Å². The van der Waals surface area contributed by atoms with E-state index in [1.165, 1.54) is 0 Å². The number of rotatable bonds is 3. The number of nitrogens with zero attached hydrogens (tertiary/aromatic N) is 1. The van der Waals surface area contributed by atoms with Gasteiger partial charge in [-0.25, -0.2) is 0 Å². The van der Waals surface area contributed by atoms with Crippen LogP contribution in [0.5, 0.6) is 5.75 Å². The second-order valence-electron chi connectivity index (χ2n) is 4.19. The first kappa shape index (κ1) is 14.9. The smallest absolute Gasteiger partial charge is 0.259 e. The Hall–Kier alpha value is -1.52.